The lowest BCUT2D eigenvalue weighted by molar-refractivity contribution is 0.154. The Morgan fingerprint density at radius 2 is 2.06 bits per heavy atom. The molecule has 0 bridgehead atoms. The first-order valence-electron chi connectivity index (χ1n) is 5.57. The third-order valence-corrected chi connectivity index (χ3v) is 3.43. The van der Waals surface area contributed by atoms with Crippen molar-refractivity contribution in [1.29, 1.82) is 0 Å². The summed E-state index contributed by atoms with van der Waals surface area (Å²) in [6, 6.07) is 4.40. The third kappa shape index (κ3) is 3.86. The first-order valence-corrected chi connectivity index (χ1v) is 7.12. The van der Waals surface area contributed by atoms with Gasteiger partial charge >= 0.3 is 0 Å². The van der Waals surface area contributed by atoms with Gasteiger partial charge in [-0.15, -0.1) is 0 Å². The molecule has 1 rings (SSSR count). The number of hydrogen-bond acceptors (Lipinski definition) is 5. The van der Waals surface area contributed by atoms with Crippen LogP contribution in [0.3, 0.4) is 0 Å². The van der Waals surface area contributed by atoms with Crippen molar-refractivity contribution in [3.8, 4) is 0 Å². The van der Waals surface area contributed by atoms with E-state index >= 15 is 0 Å². The number of hydrogen-bond donors (Lipinski definition) is 2. The minimum absolute atomic E-state index is 0.0509. The van der Waals surface area contributed by atoms with Gasteiger partial charge < -0.3 is 15.4 Å². The number of likely N-dealkylation sites (N-methyl/N-ethyl adjacent to an activating group) is 1. The smallest absolute Gasteiger partial charge is 0.238 e. The fraction of sp³-hybridized carbons (Fsp3) is 0.455. The number of benzene rings is 1. The molecule has 0 fully saturated rings. The molecular formula is C11H19N3O3S. The first kappa shape index (κ1) is 14.7. The molecule has 1 aromatic carbocycles. The Hall–Kier alpha value is -1.31. The fourth-order valence-corrected chi connectivity index (χ4v) is 2.03. The molecule has 1 aromatic rings. The maximum Gasteiger partial charge on any atom is 0.238 e. The van der Waals surface area contributed by atoms with Crippen molar-refractivity contribution in [3.63, 3.8) is 0 Å². The first-order chi connectivity index (χ1) is 8.36. The van der Waals surface area contributed by atoms with Crippen molar-refractivity contribution in [3.05, 3.63) is 18.2 Å². The Kier molecular flexibility index (Phi) is 4.94. The van der Waals surface area contributed by atoms with E-state index in [4.69, 9.17) is 15.6 Å². The van der Waals surface area contributed by atoms with Gasteiger partial charge in [-0.25, -0.2) is 13.6 Å². The van der Waals surface area contributed by atoms with E-state index in [2.05, 4.69) is 0 Å². The largest absolute Gasteiger partial charge is 0.397 e. The molecule has 0 unspecified atom stereocenters. The van der Waals surface area contributed by atoms with Crippen LogP contribution in [0.1, 0.15) is 6.92 Å². The number of nitrogen functional groups attached to an aromatic ring is 1. The summed E-state index contributed by atoms with van der Waals surface area (Å²) in [5.74, 6) is 0. The second-order valence-electron chi connectivity index (χ2n) is 3.88. The van der Waals surface area contributed by atoms with Crippen molar-refractivity contribution in [2.24, 2.45) is 5.14 Å². The highest BCUT2D eigenvalue weighted by Crippen LogP contribution is 2.25. The number of anilines is 2. The molecule has 0 saturated carbocycles. The molecule has 0 aromatic heterocycles. The molecule has 102 valence electrons. The Labute approximate surface area is 108 Å². The van der Waals surface area contributed by atoms with E-state index in [9.17, 15) is 8.42 Å². The summed E-state index contributed by atoms with van der Waals surface area (Å²) >= 11 is 0. The van der Waals surface area contributed by atoms with Crippen LogP contribution in [-0.2, 0) is 14.8 Å². The van der Waals surface area contributed by atoms with Crippen molar-refractivity contribution in [2.45, 2.75) is 11.8 Å². The van der Waals surface area contributed by atoms with Crippen molar-refractivity contribution < 1.29 is 13.2 Å². The predicted molar refractivity (Wildman–Crippen MR) is 72.0 cm³/mol. The van der Waals surface area contributed by atoms with Gasteiger partial charge in [0.1, 0.15) is 0 Å². The van der Waals surface area contributed by atoms with E-state index in [1.165, 1.54) is 18.2 Å². The summed E-state index contributed by atoms with van der Waals surface area (Å²) in [6.45, 7) is 3.72. The van der Waals surface area contributed by atoms with Crippen LogP contribution in [0.4, 0.5) is 11.4 Å². The van der Waals surface area contributed by atoms with E-state index in [1.807, 2.05) is 18.9 Å². The van der Waals surface area contributed by atoms with Gasteiger partial charge in [-0.3, -0.25) is 0 Å². The van der Waals surface area contributed by atoms with Gasteiger partial charge in [-0.1, -0.05) is 0 Å². The molecule has 0 heterocycles. The Balaban J connectivity index is 2.93. The van der Waals surface area contributed by atoms with Crippen molar-refractivity contribution in [1.82, 2.24) is 0 Å². The average molecular weight is 273 g/mol. The molecule has 0 saturated heterocycles. The molecule has 0 aliphatic rings. The summed E-state index contributed by atoms with van der Waals surface area (Å²) in [5, 5.41) is 5.09. The van der Waals surface area contributed by atoms with Crippen LogP contribution < -0.4 is 15.8 Å². The number of primary sulfonamides is 1. The molecule has 0 atom stereocenters. The molecule has 0 amide bonds. The quantitative estimate of drug-likeness (QED) is 0.577. The van der Waals surface area contributed by atoms with Gasteiger partial charge in [-0.2, -0.15) is 0 Å². The second kappa shape index (κ2) is 6.03. The van der Waals surface area contributed by atoms with E-state index in [1.54, 1.807) is 0 Å². The summed E-state index contributed by atoms with van der Waals surface area (Å²) in [5.41, 5.74) is 6.95. The highest BCUT2D eigenvalue weighted by Gasteiger charge is 2.12. The second-order valence-corrected chi connectivity index (χ2v) is 5.45. The predicted octanol–water partition coefficient (Wildman–Crippen LogP) is 0.389. The summed E-state index contributed by atoms with van der Waals surface area (Å²) < 4.78 is 27.8. The van der Waals surface area contributed by atoms with Crippen LogP contribution in [-0.4, -0.2) is 35.2 Å². The minimum Gasteiger partial charge on any atom is -0.397 e. The molecule has 0 aliphatic heterocycles. The zero-order valence-corrected chi connectivity index (χ0v) is 11.4. The van der Waals surface area contributed by atoms with Crippen LogP contribution in [0.15, 0.2) is 23.1 Å². The normalized spacial score (nSPS) is 11.5. The van der Waals surface area contributed by atoms with E-state index in [0.717, 1.165) is 0 Å². The lowest BCUT2D eigenvalue weighted by Crippen LogP contribution is -2.24. The van der Waals surface area contributed by atoms with Crippen molar-refractivity contribution in [2.75, 3.05) is 37.4 Å². The van der Waals surface area contributed by atoms with Crippen LogP contribution in [0.2, 0.25) is 0 Å². The third-order valence-electron chi connectivity index (χ3n) is 2.52. The van der Waals surface area contributed by atoms with Gasteiger partial charge in [0.2, 0.25) is 10.0 Å². The molecule has 7 heteroatoms. The van der Waals surface area contributed by atoms with Crippen LogP contribution in [0, 0.1) is 0 Å². The SMILES string of the molecule is CCOCCN(C)c1cc(S(N)(=O)=O)ccc1N. The number of nitrogens with two attached hydrogens (primary N) is 2. The Morgan fingerprint density at radius 3 is 2.61 bits per heavy atom. The van der Waals surface area contributed by atoms with E-state index in [0.29, 0.717) is 31.1 Å². The zero-order chi connectivity index (χ0) is 13.8. The topological polar surface area (TPSA) is 98.6 Å². The van der Waals surface area contributed by atoms with Gasteiger partial charge in [0.15, 0.2) is 0 Å². The summed E-state index contributed by atoms with van der Waals surface area (Å²) in [6.07, 6.45) is 0. The maximum atomic E-state index is 11.3. The highest BCUT2D eigenvalue weighted by molar-refractivity contribution is 7.89. The number of nitrogens with zero attached hydrogens (tertiary/aromatic N) is 1. The molecule has 4 N–H and O–H groups in total. The van der Waals surface area contributed by atoms with E-state index in [-0.39, 0.29) is 4.90 Å². The number of sulfonamides is 1. The molecular weight excluding hydrogens is 254 g/mol. The Bertz CT molecular complexity index is 502. The number of ether oxygens (including phenoxy) is 1. The molecule has 0 radical (unpaired) electrons. The molecule has 0 aliphatic carbocycles. The van der Waals surface area contributed by atoms with Crippen LogP contribution >= 0.6 is 0 Å². The lowest BCUT2D eigenvalue weighted by atomic mass is 10.2. The Morgan fingerprint density at radius 1 is 1.39 bits per heavy atom. The van der Waals surface area contributed by atoms with Gasteiger partial charge in [0, 0.05) is 20.2 Å². The minimum atomic E-state index is -3.71. The van der Waals surface area contributed by atoms with E-state index < -0.39 is 10.0 Å². The molecule has 18 heavy (non-hydrogen) atoms. The molecule has 0 spiro atoms. The van der Waals surface area contributed by atoms with Gasteiger partial charge in [0.05, 0.1) is 22.9 Å². The average Bonchev–Trinajstić information content (AvgIpc) is 2.28. The monoisotopic (exact) mass is 273 g/mol. The van der Waals surface area contributed by atoms with Crippen LogP contribution in [0.25, 0.3) is 0 Å². The van der Waals surface area contributed by atoms with Gasteiger partial charge in [0.25, 0.3) is 0 Å². The maximum absolute atomic E-state index is 11.3. The van der Waals surface area contributed by atoms with Crippen LogP contribution in [0.5, 0.6) is 0 Å². The van der Waals surface area contributed by atoms with Gasteiger partial charge in [-0.05, 0) is 25.1 Å². The summed E-state index contributed by atoms with van der Waals surface area (Å²) in [4.78, 5) is 1.88. The fourth-order valence-electron chi connectivity index (χ4n) is 1.50. The van der Waals surface area contributed by atoms with Crippen molar-refractivity contribution >= 4 is 21.4 Å². The highest BCUT2D eigenvalue weighted by atomic mass is 32.2. The summed E-state index contributed by atoms with van der Waals surface area (Å²) in [7, 11) is -1.90. The zero-order valence-electron chi connectivity index (χ0n) is 10.6. The number of rotatable bonds is 6. The molecule has 6 nitrogen and oxygen atoms in total. The standard InChI is InChI=1S/C11H19N3O3S/c1-3-17-7-6-14(2)11-8-9(18(13,15)16)4-5-10(11)12/h4-5,8H,3,6-7,12H2,1-2H3,(H2,13,15,16). The lowest BCUT2D eigenvalue weighted by Gasteiger charge is -2.21.